The predicted octanol–water partition coefficient (Wildman–Crippen LogP) is 4.00. The zero-order chi connectivity index (χ0) is 18.5. The second-order valence-electron chi connectivity index (χ2n) is 7.54. The van der Waals surface area contributed by atoms with Gasteiger partial charge in [-0.3, -0.25) is 4.79 Å². The summed E-state index contributed by atoms with van der Waals surface area (Å²) in [6.45, 7) is 7.13. The molecule has 152 valence electrons. The summed E-state index contributed by atoms with van der Waals surface area (Å²) >= 11 is 0. The molecule has 2 saturated heterocycles. The van der Waals surface area contributed by atoms with Gasteiger partial charge in [0.2, 0.25) is 5.91 Å². The van der Waals surface area contributed by atoms with Gasteiger partial charge in [-0.1, -0.05) is 6.07 Å². The van der Waals surface area contributed by atoms with Crippen LogP contribution in [0.3, 0.4) is 0 Å². The second kappa shape index (κ2) is 10.2. The van der Waals surface area contributed by atoms with Gasteiger partial charge in [-0.25, -0.2) is 0 Å². The number of piperidine rings is 1. The van der Waals surface area contributed by atoms with Gasteiger partial charge in [0.25, 0.3) is 0 Å². The van der Waals surface area contributed by atoms with Crippen molar-refractivity contribution in [2.24, 2.45) is 5.92 Å². The molecule has 1 aromatic rings. The van der Waals surface area contributed by atoms with Gasteiger partial charge in [-0.15, -0.1) is 12.4 Å². The number of hydrogen-bond acceptors (Lipinski definition) is 4. The van der Waals surface area contributed by atoms with Crippen LogP contribution in [0.1, 0.15) is 64.5 Å². The molecule has 0 spiro atoms. The van der Waals surface area contributed by atoms with Crippen molar-refractivity contribution in [3.8, 4) is 11.5 Å². The minimum Gasteiger partial charge on any atom is -0.490 e. The first-order chi connectivity index (χ1) is 12.6. The van der Waals surface area contributed by atoms with Gasteiger partial charge in [-0.2, -0.15) is 0 Å². The fourth-order valence-corrected chi connectivity index (χ4v) is 4.32. The maximum atomic E-state index is 12.5. The molecule has 2 fully saturated rings. The first-order valence-electron chi connectivity index (χ1n) is 10.0. The zero-order valence-corrected chi connectivity index (χ0v) is 17.4. The summed E-state index contributed by atoms with van der Waals surface area (Å²) in [4.78, 5) is 12.5. The Kier molecular flexibility index (Phi) is 8.24. The Morgan fingerprint density at radius 3 is 2.41 bits per heavy atom. The van der Waals surface area contributed by atoms with Crippen LogP contribution in [0.2, 0.25) is 0 Å². The monoisotopic (exact) mass is 396 g/mol. The first kappa shape index (κ1) is 21.8. The molecule has 2 aliphatic rings. The molecular weight excluding hydrogens is 364 g/mol. The van der Waals surface area contributed by atoms with Crippen LogP contribution >= 0.6 is 12.4 Å². The van der Waals surface area contributed by atoms with E-state index in [0.29, 0.717) is 37.6 Å². The van der Waals surface area contributed by atoms with E-state index in [4.69, 9.17) is 9.47 Å². The zero-order valence-electron chi connectivity index (χ0n) is 16.6. The van der Waals surface area contributed by atoms with Gasteiger partial charge >= 0.3 is 0 Å². The van der Waals surface area contributed by atoms with Crippen LogP contribution in [0, 0.1) is 5.92 Å². The summed E-state index contributed by atoms with van der Waals surface area (Å²) in [5, 5.41) is 6.80. The number of ether oxygens (including phenoxy) is 2. The van der Waals surface area contributed by atoms with E-state index in [1.165, 1.54) is 12.8 Å². The van der Waals surface area contributed by atoms with E-state index < -0.39 is 0 Å². The highest BCUT2D eigenvalue weighted by molar-refractivity contribution is 5.85. The molecule has 2 bridgehead atoms. The van der Waals surface area contributed by atoms with Gasteiger partial charge in [0.15, 0.2) is 11.5 Å². The lowest BCUT2D eigenvalue weighted by molar-refractivity contribution is -0.122. The number of amides is 1. The molecule has 3 atom stereocenters. The Hall–Kier alpha value is -1.46. The Morgan fingerprint density at radius 2 is 1.78 bits per heavy atom. The number of carbonyl (C=O) groups excluding carboxylic acids is 1. The quantitative estimate of drug-likeness (QED) is 0.697. The molecule has 2 N–H and O–H groups in total. The Labute approximate surface area is 169 Å². The minimum atomic E-state index is -0.0455. The number of halogens is 1. The van der Waals surface area contributed by atoms with Crippen molar-refractivity contribution in [1.29, 1.82) is 0 Å². The standard InChI is InChI=1S/C21H32N2O3.ClH/c1-4-25-19-9-6-16(13-20(19)26-5-2)14(3)22-21(24)12-15-10-17-7-8-18(11-15)23-17;/h6,9,13-15,17-18,23H,4-5,7-8,10-12H2,1-3H3,(H,22,24);1H. The van der Waals surface area contributed by atoms with Gasteiger partial charge in [-0.05, 0) is 70.1 Å². The second-order valence-corrected chi connectivity index (χ2v) is 7.54. The average molecular weight is 397 g/mol. The van der Waals surface area contributed by atoms with Gasteiger partial charge < -0.3 is 20.1 Å². The van der Waals surface area contributed by atoms with Crippen molar-refractivity contribution in [2.75, 3.05) is 13.2 Å². The molecule has 3 rings (SSSR count). The van der Waals surface area contributed by atoms with Crippen LogP contribution in [0.25, 0.3) is 0 Å². The van der Waals surface area contributed by atoms with Crippen LogP contribution < -0.4 is 20.1 Å². The van der Waals surface area contributed by atoms with Gasteiger partial charge in [0.1, 0.15) is 0 Å². The van der Waals surface area contributed by atoms with Crippen LogP contribution in [0.15, 0.2) is 18.2 Å². The Morgan fingerprint density at radius 1 is 1.15 bits per heavy atom. The highest BCUT2D eigenvalue weighted by atomic mass is 35.5. The number of benzene rings is 1. The summed E-state index contributed by atoms with van der Waals surface area (Å²) in [6.07, 6.45) is 5.44. The number of hydrogen-bond donors (Lipinski definition) is 2. The molecule has 1 amide bonds. The predicted molar refractivity (Wildman–Crippen MR) is 110 cm³/mol. The maximum absolute atomic E-state index is 12.5. The minimum absolute atomic E-state index is 0. The molecule has 3 unspecified atom stereocenters. The third kappa shape index (κ3) is 5.76. The Balaban J connectivity index is 0.00000261. The molecule has 1 aromatic carbocycles. The number of nitrogens with one attached hydrogen (secondary N) is 2. The molecule has 0 radical (unpaired) electrons. The summed E-state index contributed by atoms with van der Waals surface area (Å²) in [7, 11) is 0. The van der Waals surface area contributed by atoms with E-state index in [-0.39, 0.29) is 24.4 Å². The number of carbonyl (C=O) groups is 1. The van der Waals surface area contributed by atoms with Gasteiger partial charge in [0.05, 0.1) is 19.3 Å². The summed E-state index contributed by atoms with van der Waals surface area (Å²) in [6, 6.07) is 7.12. The van der Waals surface area contributed by atoms with Crippen molar-refractivity contribution in [2.45, 2.75) is 71.0 Å². The van der Waals surface area contributed by atoms with E-state index in [2.05, 4.69) is 10.6 Å². The van der Waals surface area contributed by atoms with Crippen LogP contribution in [-0.2, 0) is 4.79 Å². The van der Waals surface area contributed by atoms with E-state index in [1.54, 1.807) is 0 Å². The molecule has 0 aliphatic carbocycles. The van der Waals surface area contributed by atoms with Crippen molar-refractivity contribution in [3.63, 3.8) is 0 Å². The SMILES string of the molecule is CCOc1ccc(C(C)NC(=O)CC2CC3CCC(C2)N3)cc1OCC.Cl. The fraction of sp³-hybridized carbons (Fsp3) is 0.667. The number of rotatable bonds is 8. The van der Waals surface area contributed by atoms with Gasteiger partial charge in [0, 0.05) is 18.5 Å². The van der Waals surface area contributed by atoms with Crippen LogP contribution in [0.5, 0.6) is 11.5 Å². The van der Waals surface area contributed by atoms with Crippen molar-refractivity contribution in [3.05, 3.63) is 23.8 Å². The third-order valence-corrected chi connectivity index (χ3v) is 5.49. The molecule has 2 aliphatic heterocycles. The smallest absolute Gasteiger partial charge is 0.220 e. The lowest BCUT2D eigenvalue weighted by Gasteiger charge is -2.29. The molecular formula is C21H33ClN2O3. The largest absolute Gasteiger partial charge is 0.490 e. The summed E-state index contributed by atoms with van der Waals surface area (Å²) < 4.78 is 11.3. The first-order valence-corrected chi connectivity index (χ1v) is 10.0. The highest BCUT2D eigenvalue weighted by Gasteiger charge is 2.34. The van der Waals surface area contributed by atoms with E-state index in [1.807, 2.05) is 39.0 Å². The van der Waals surface area contributed by atoms with Crippen LogP contribution in [0.4, 0.5) is 0 Å². The van der Waals surface area contributed by atoms with Crippen LogP contribution in [-0.4, -0.2) is 31.2 Å². The molecule has 27 heavy (non-hydrogen) atoms. The maximum Gasteiger partial charge on any atom is 0.220 e. The topological polar surface area (TPSA) is 59.6 Å². The van der Waals surface area contributed by atoms with E-state index in [9.17, 15) is 4.79 Å². The normalized spacial score (nSPS) is 24.6. The average Bonchev–Trinajstić information content (AvgIpc) is 2.95. The fourth-order valence-electron chi connectivity index (χ4n) is 4.32. The van der Waals surface area contributed by atoms with Crippen molar-refractivity contribution >= 4 is 18.3 Å². The molecule has 2 heterocycles. The molecule has 5 nitrogen and oxygen atoms in total. The van der Waals surface area contributed by atoms with Crippen molar-refractivity contribution in [1.82, 2.24) is 10.6 Å². The molecule has 0 aromatic heterocycles. The molecule has 0 saturated carbocycles. The lowest BCUT2D eigenvalue weighted by atomic mass is 9.89. The van der Waals surface area contributed by atoms with E-state index >= 15 is 0 Å². The Bertz CT molecular complexity index is 613. The third-order valence-electron chi connectivity index (χ3n) is 5.49. The number of fused-ring (bicyclic) bond motifs is 2. The highest BCUT2D eigenvalue weighted by Crippen LogP contribution is 2.33. The summed E-state index contributed by atoms with van der Waals surface area (Å²) in [5.74, 6) is 2.15. The molecule has 6 heteroatoms. The lowest BCUT2D eigenvalue weighted by Crippen LogP contribution is -2.40. The van der Waals surface area contributed by atoms with Crippen molar-refractivity contribution < 1.29 is 14.3 Å². The van der Waals surface area contributed by atoms with E-state index in [0.717, 1.165) is 29.9 Å². The summed E-state index contributed by atoms with van der Waals surface area (Å²) in [5.41, 5.74) is 1.04.